The van der Waals surface area contributed by atoms with E-state index in [1.54, 1.807) is 0 Å². The zero-order chi connectivity index (χ0) is 46.3. The Kier molecular flexibility index (Phi) is 12.7. The maximum absolute atomic E-state index is 14.0. The predicted octanol–water partition coefficient (Wildman–Crippen LogP) is 10.9. The fourth-order valence-corrected chi connectivity index (χ4v) is 12.1. The summed E-state index contributed by atoms with van der Waals surface area (Å²) in [6.07, 6.45) is 13.0. The lowest BCUT2D eigenvalue weighted by molar-refractivity contribution is -0.521. The monoisotopic (exact) mass is 924 g/mol. The van der Waals surface area contributed by atoms with Crippen LogP contribution in [0.4, 0.5) is 0 Å². The normalized spacial score (nSPS) is 16.4. The minimum Gasteiger partial charge on any atom is -0.493 e. The number of unbranched alkanes of at least 4 members (excludes halogenated alkanes) is 3. The topological polar surface area (TPSA) is 116 Å². The fourth-order valence-electron chi connectivity index (χ4n) is 10.1. The second-order valence-electron chi connectivity index (χ2n) is 17.3. The zero-order valence-corrected chi connectivity index (χ0v) is 40.0. The van der Waals surface area contributed by atoms with Crippen LogP contribution in [0.5, 0.6) is 5.75 Å². The molecule has 12 heteroatoms. The summed E-state index contributed by atoms with van der Waals surface area (Å²) < 4.78 is 82.0. The maximum atomic E-state index is 14.0. The van der Waals surface area contributed by atoms with Gasteiger partial charge in [0.25, 0.3) is 10.1 Å². The Hall–Kier alpha value is -5.79. The highest BCUT2D eigenvalue weighted by Crippen LogP contribution is 2.45. The first-order chi connectivity index (χ1) is 31.9. The van der Waals surface area contributed by atoms with Gasteiger partial charge in [-0.05, 0) is 121 Å². The number of likely N-dealkylation sites (N-methyl/N-ethyl adjacent to an activating group) is 1. The van der Waals surface area contributed by atoms with Gasteiger partial charge in [-0.2, -0.15) is 8.42 Å². The van der Waals surface area contributed by atoms with Crippen LogP contribution >= 0.6 is 0 Å². The largest absolute Gasteiger partial charge is 0.493 e. The minimum atomic E-state index is -4.89. The Morgan fingerprint density at radius 3 is 2.24 bits per heavy atom. The SMILES string of the molecule is CCN(CC)C1=CC2OC3=C(C=CC(=[N+](CC)CC)C3)C(c3ccc(S(=O)(=O)N(C)CCCCCCOc4ccc5ccc6c7ccccc7cc7ccc4c5c76)cc3S(=O)(=O)O)=C2C=C1. The second-order valence-corrected chi connectivity index (χ2v) is 20.7. The number of rotatable bonds is 17. The number of sulfonamides is 1. The smallest absolute Gasteiger partial charge is 0.295 e. The Balaban J connectivity index is 0.894. The molecule has 1 atom stereocenters. The predicted molar refractivity (Wildman–Crippen MR) is 267 cm³/mol. The molecule has 0 saturated heterocycles. The van der Waals surface area contributed by atoms with Gasteiger partial charge in [-0.1, -0.05) is 73.5 Å². The first-order valence-corrected chi connectivity index (χ1v) is 26.1. The molecule has 6 aromatic carbocycles. The highest BCUT2D eigenvalue weighted by atomic mass is 32.2. The molecule has 0 aromatic heterocycles. The fraction of sp³-hybridized carbons (Fsp3) is 0.315. The van der Waals surface area contributed by atoms with E-state index in [2.05, 4.69) is 97.8 Å². The molecule has 0 spiro atoms. The number of fused-ring (bicyclic) bond motifs is 3. The molecule has 0 radical (unpaired) electrons. The third-order valence-corrected chi connectivity index (χ3v) is 16.3. The molecule has 0 bridgehead atoms. The summed E-state index contributed by atoms with van der Waals surface area (Å²) in [5.74, 6) is 1.55. The highest BCUT2D eigenvalue weighted by Gasteiger charge is 2.36. The van der Waals surface area contributed by atoms with Crippen LogP contribution in [-0.2, 0) is 24.9 Å². The lowest BCUT2D eigenvalue weighted by Gasteiger charge is -2.35. The molecule has 9 rings (SSSR count). The van der Waals surface area contributed by atoms with Crippen molar-refractivity contribution in [3.05, 3.63) is 143 Å². The van der Waals surface area contributed by atoms with E-state index in [9.17, 15) is 21.4 Å². The first kappa shape index (κ1) is 45.4. The maximum Gasteiger partial charge on any atom is 0.295 e. The minimum absolute atomic E-state index is 0.209. The molecule has 2 aliphatic carbocycles. The van der Waals surface area contributed by atoms with Crippen LogP contribution in [0, 0.1) is 0 Å². The number of hydrogen-bond donors (Lipinski definition) is 1. The van der Waals surface area contributed by atoms with Crippen LogP contribution in [-0.4, -0.2) is 93.4 Å². The summed E-state index contributed by atoms with van der Waals surface area (Å²) in [7, 11) is -7.51. The van der Waals surface area contributed by atoms with Gasteiger partial charge >= 0.3 is 0 Å². The molecule has 66 heavy (non-hydrogen) atoms. The molecule has 0 saturated carbocycles. The van der Waals surface area contributed by atoms with Crippen LogP contribution in [0.3, 0.4) is 0 Å². The van der Waals surface area contributed by atoms with E-state index in [0.717, 1.165) is 79.6 Å². The Morgan fingerprint density at radius 2 is 1.47 bits per heavy atom. The van der Waals surface area contributed by atoms with Gasteiger partial charge in [-0.25, -0.2) is 17.3 Å². The van der Waals surface area contributed by atoms with Crippen LogP contribution in [0.2, 0.25) is 0 Å². The molecule has 1 unspecified atom stereocenters. The van der Waals surface area contributed by atoms with E-state index in [1.807, 2.05) is 36.4 Å². The molecule has 1 N–H and O–H groups in total. The zero-order valence-electron chi connectivity index (χ0n) is 38.4. The van der Waals surface area contributed by atoms with Gasteiger partial charge in [0.2, 0.25) is 10.0 Å². The molecule has 3 aliphatic rings. The van der Waals surface area contributed by atoms with Crippen molar-refractivity contribution in [2.45, 2.75) is 75.7 Å². The summed E-state index contributed by atoms with van der Waals surface area (Å²) >= 11 is 0. The summed E-state index contributed by atoms with van der Waals surface area (Å²) in [5.41, 5.74) is 4.32. The number of benzene rings is 6. The lowest BCUT2D eigenvalue weighted by Crippen LogP contribution is -2.30. The van der Waals surface area contributed by atoms with E-state index in [0.29, 0.717) is 36.4 Å². The average Bonchev–Trinajstić information content (AvgIpc) is 3.32. The number of hydrogen-bond acceptors (Lipinski definition) is 7. The molecule has 10 nitrogen and oxygen atoms in total. The molecule has 1 heterocycles. The summed E-state index contributed by atoms with van der Waals surface area (Å²) in [6, 6.07) is 27.7. The average molecular weight is 925 g/mol. The third-order valence-electron chi connectivity index (χ3n) is 13.6. The second kappa shape index (κ2) is 18.5. The van der Waals surface area contributed by atoms with Gasteiger partial charge in [0, 0.05) is 71.5 Å². The van der Waals surface area contributed by atoms with Crippen molar-refractivity contribution in [1.82, 2.24) is 9.21 Å². The van der Waals surface area contributed by atoms with Crippen LogP contribution < -0.4 is 4.74 Å². The number of allylic oxidation sites excluding steroid dienone is 6. The van der Waals surface area contributed by atoms with Gasteiger partial charge in [0.15, 0.2) is 5.71 Å². The Morgan fingerprint density at radius 1 is 0.742 bits per heavy atom. The molecular weight excluding hydrogens is 867 g/mol. The van der Waals surface area contributed by atoms with E-state index in [1.165, 1.54) is 61.2 Å². The van der Waals surface area contributed by atoms with Crippen molar-refractivity contribution in [1.29, 1.82) is 0 Å². The molecule has 342 valence electrons. The van der Waals surface area contributed by atoms with Gasteiger partial charge in [-0.3, -0.25) is 4.55 Å². The van der Waals surface area contributed by atoms with Gasteiger partial charge in [-0.15, -0.1) is 0 Å². The molecule has 0 fully saturated rings. The van der Waals surface area contributed by atoms with Crippen LogP contribution in [0.15, 0.2) is 148 Å². The first-order valence-electron chi connectivity index (χ1n) is 23.2. The van der Waals surface area contributed by atoms with E-state index in [4.69, 9.17) is 9.47 Å². The van der Waals surface area contributed by atoms with Gasteiger partial charge < -0.3 is 14.4 Å². The van der Waals surface area contributed by atoms with Crippen molar-refractivity contribution < 1.29 is 35.4 Å². The molecule has 6 aromatic rings. The van der Waals surface area contributed by atoms with E-state index < -0.39 is 31.1 Å². The standard InChI is InChI=1S/C54H57N3O7S2/c1-6-56(7-2)39-21-26-45-49(33-39)64-50-34-40(57(8-3)9-4)22-27-46(50)54(45)47-28-23-41(35-51(47)66(60,61)62)65(58,59)55(5)30-14-10-11-15-31-63-48-29-20-36-18-24-43-42-17-13-12-16-37(42)32-38-19-25-44(48)52(36)53(38)43/h12-13,16-29,32-33,35,49H,6-11,14-15,30-31,34H2,1-5H3/p+1. The molecular formula is C54H58N3O7S2+. The Labute approximate surface area is 388 Å². The van der Waals surface area contributed by atoms with Crippen molar-refractivity contribution in [3.8, 4) is 5.75 Å². The summed E-state index contributed by atoms with van der Waals surface area (Å²) in [5, 5.41) is 9.66. The van der Waals surface area contributed by atoms with Crippen molar-refractivity contribution in [2.75, 3.05) is 46.4 Å². The van der Waals surface area contributed by atoms with E-state index in [-0.39, 0.29) is 17.0 Å². The lowest BCUT2D eigenvalue weighted by atomic mass is 9.83. The number of nitrogens with zero attached hydrogens (tertiary/aromatic N) is 3. The number of ether oxygens (including phenoxy) is 2. The summed E-state index contributed by atoms with van der Waals surface area (Å²) in [6.45, 7) is 12.4. The highest BCUT2D eigenvalue weighted by molar-refractivity contribution is 7.89. The van der Waals surface area contributed by atoms with Crippen LogP contribution in [0.1, 0.15) is 65.4 Å². The van der Waals surface area contributed by atoms with Crippen molar-refractivity contribution >= 4 is 74.5 Å². The van der Waals surface area contributed by atoms with Gasteiger partial charge in [0.1, 0.15) is 35.6 Å². The quantitative estimate of drug-likeness (QED) is 0.0316. The Bertz CT molecular complexity index is 3300. The van der Waals surface area contributed by atoms with Crippen molar-refractivity contribution in [2.24, 2.45) is 0 Å². The van der Waals surface area contributed by atoms with Crippen molar-refractivity contribution in [3.63, 3.8) is 0 Å². The van der Waals surface area contributed by atoms with E-state index >= 15 is 0 Å². The third kappa shape index (κ3) is 8.33. The van der Waals surface area contributed by atoms with Gasteiger partial charge in [0.05, 0.1) is 17.9 Å². The molecule has 1 aliphatic heterocycles. The summed E-state index contributed by atoms with van der Waals surface area (Å²) in [4.78, 5) is 1.54. The molecule has 0 amide bonds. The van der Waals surface area contributed by atoms with Crippen LogP contribution in [0.25, 0.3) is 48.7 Å².